The molecule has 0 radical (unpaired) electrons. The highest BCUT2D eigenvalue weighted by Crippen LogP contribution is 2.10. The van der Waals surface area contributed by atoms with Crippen molar-refractivity contribution < 1.29 is 19.3 Å². The summed E-state index contributed by atoms with van der Waals surface area (Å²) in [5.74, 6) is 9.45. The number of anilines is 2. The van der Waals surface area contributed by atoms with Gasteiger partial charge in [0.2, 0.25) is 0 Å². The van der Waals surface area contributed by atoms with E-state index in [0.29, 0.717) is 11.4 Å². The number of hydrogen-bond donors (Lipinski definition) is 2. The van der Waals surface area contributed by atoms with Crippen LogP contribution in [-0.4, -0.2) is 11.9 Å². The summed E-state index contributed by atoms with van der Waals surface area (Å²) in [5, 5.41) is 1.58. The molecule has 2 rings (SSSR count). The van der Waals surface area contributed by atoms with Gasteiger partial charge in [-0.3, -0.25) is 0 Å². The fraction of sp³-hybridized carbons (Fsp3) is 0. The number of hydrazine groups is 2. The average Bonchev–Trinajstić information content (AvgIpc) is 2.61. The van der Waals surface area contributed by atoms with Crippen molar-refractivity contribution in [2.75, 3.05) is 10.3 Å². The fourth-order valence-corrected chi connectivity index (χ4v) is 1.65. The molecule has 24 heavy (non-hydrogen) atoms. The Balaban J connectivity index is 1.83. The molecule has 0 aliphatic heterocycles. The zero-order chi connectivity index (χ0) is 17.4. The van der Waals surface area contributed by atoms with E-state index in [1.807, 2.05) is 0 Å². The number of nitrogens with two attached hydrogens (primary N) is 2. The van der Waals surface area contributed by atoms with Gasteiger partial charge in [0.25, 0.3) is 0 Å². The fourth-order valence-electron chi connectivity index (χ4n) is 1.65. The van der Waals surface area contributed by atoms with Gasteiger partial charge in [-0.2, -0.15) is 0 Å². The van der Waals surface area contributed by atoms with Crippen LogP contribution in [0.3, 0.4) is 0 Å². The molecule has 0 amide bonds. The number of para-hydroxylation sites is 2. The minimum Gasteiger partial charge on any atom is -0.321 e. The zero-order valence-electron chi connectivity index (χ0n) is 12.6. The Morgan fingerprint density at radius 1 is 0.708 bits per heavy atom. The molecule has 0 atom stereocenters. The van der Waals surface area contributed by atoms with Crippen molar-refractivity contribution in [3.8, 4) is 0 Å². The molecule has 0 unspecified atom stereocenters. The summed E-state index contributed by atoms with van der Waals surface area (Å²) in [6, 6.07) is 17.1. The maximum atomic E-state index is 11.6. The van der Waals surface area contributed by atoms with Crippen LogP contribution >= 0.6 is 0 Å². The maximum absolute atomic E-state index is 11.6. The largest absolute Gasteiger partial charge is 0.358 e. The summed E-state index contributed by atoms with van der Waals surface area (Å²) < 4.78 is 0. The second kappa shape index (κ2) is 8.32. The van der Waals surface area contributed by atoms with Gasteiger partial charge in [-0.25, -0.2) is 21.3 Å². The highest BCUT2D eigenvalue weighted by atomic mass is 16.7. The second-order valence-electron chi connectivity index (χ2n) is 4.48. The molecular formula is C16H16N4O4. The first-order valence-corrected chi connectivity index (χ1v) is 6.88. The van der Waals surface area contributed by atoms with Gasteiger partial charge in [0.05, 0.1) is 11.4 Å². The second-order valence-corrected chi connectivity index (χ2v) is 4.48. The molecule has 0 saturated heterocycles. The molecule has 124 valence electrons. The van der Waals surface area contributed by atoms with Gasteiger partial charge >= 0.3 is 11.9 Å². The lowest BCUT2D eigenvalue weighted by Crippen LogP contribution is -2.34. The van der Waals surface area contributed by atoms with Crippen molar-refractivity contribution in [2.45, 2.75) is 0 Å². The van der Waals surface area contributed by atoms with E-state index in [1.165, 1.54) is 0 Å². The summed E-state index contributed by atoms with van der Waals surface area (Å²) in [5.41, 5.74) is 0.943. The quantitative estimate of drug-likeness (QED) is 0.462. The minimum absolute atomic E-state index is 0.471. The van der Waals surface area contributed by atoms with Gasteiger partial charge in [-0.05, 0) is 24.3 Å². The maximum Gasteiger partial charge on any atom is 0.358 e. The third-order valence-corrected chi connectivity index (χ3v) is 2.75. The van der Waals surface area contributed by atoms with E-state index in [2.05, 4.69) is 0 Å². The molecule has 8 heteroatoms. The van der Waals surface area contributed by atoms with E-state index in [0.717, 1.165) is 22.5 Å². The van der Waals surface area contributed by atoms with Crippen LogP contribution in [0, 0.1) is 0 Å². The molecule has 0 spiro atoms. The first kappa shape index (κ1) is 17.0. The van der Waals surface area contributed by atoms with Crippen LogP contribution < -0.4 is 22.0 Å². The van der Waals surface area contributed by atoms with Crippen molar-refractivity contribution in [1.82, 2.24) is 0 Å². The van der Waals surface area contributed by atoms with Gasteiger partial charge in [0, 0.05) is 12.2 Å². The lowest BCUT2D eigenvalue weighted by atomic mass is 10.3. The van der Waals surface area contributed by atoms with Gasteiger partial charge in [-0.15, -0.1) is 10.3 Å². The number of nitrogens with zero attached hydrogens (tertiary/aromatic N) is 2. The molecule has 2 aromatic rings. The monoisotopic (exact) mass is 328 g/mol. The van der Waals surface area contributed by atoms with Gasteiger partial charge in [-0.1, -0.05) is 36.4 Å². The van der Waals surface area contributed by atoms with Crippen molar-refractivity contribution >= 4 is 23.3 Å². The van der Waals surface area contributed by atoms with E-state index in [-0.39, 0.29) is 0 Å². The molecular weight excluding hydrogens is 312 g/mol. The van der Waals surface area contributed by atoms with E-state index in [1.54, 1.807) is 60.7 Å². The molecule has 0 aliphatic carbocycles. The highest BCUT2D eigenvalue weighted by Gasteiger charge is 2.09. The topological polar surface area (TPSA) is 111 Å². The van der Waals surface area contributed by atoms with Gasteiger partial charge in [0.15, 0.2) is 0 Å². The molecule has 0 saturated carbocycles. The van der Waals surface area contributed by atoms with Crippen molar-refractivity contribution in [3.63, 3.8) is 0 Å². The third-order valence-electron chi connectivity index (χ3n) is 2.75. The van der Waals surface area contributed by atoms with Crippen LogP contribution in [-0.2, 0) is 19.3 Å². The van der Waals surface area contributed by atoms with E-state index in [9.17, 15) is 9.59 Å². The summed E-state index contributed by atoms with van der Waals surface area (Å²) >= 11 is 0. The van der Waals surface area contributed by atoms with E-state index < -0.39 is 11.9 Å². The predicted octanol–water partition coefficient (Wildman–Crippen LogP) is 1.22. The third kappa shape index (κ3) is 5.13. The first-order valence-electron chi connectivity index (χ1n) is 6.88. The summed E-state index contributed by atoms with van der Waals surface area (Å²) in [4.78, 5) is 32.8. The lowest BCUT2D eigenvalue weighted by Gasteiger charge is -2.16. The average molecular weight is 328 g/mol. The van der Waals surface area contributed by atoms with Crippen LogP contribution in [0.15, 0.2) is 72.8 Å². The molecule has 8 nitrogen and oxygen atoms in total. The summed E-state index contributed by atoms with van der Waals surface area (Å²) in [7, 11) is 0. The molecule has 4 N–H and O–H groups in total. The number of hydrogen-bond acceptors (Lipinski definition) is 8. The molecule has 0 aliphatic rings. The Morgan fingerprint density at radius 3 is 1.38 bits per heavy atom. The molecule has 0 bridgehead atoms. The lowest BCUT2D eigenvalue weighted by molar-refractivity contribution is -0.142. The number of carbonyl (C=O) groups is 2. The van der Waals surface area contributed by atoms with Crippen LogP contribution in [0.1, 0.15) is 0 Å². The van der Waals surface area contributed by atoms with E-state index in [4.69, 9.17) is 21.4 Å². The number of benzene rings is 2. The number of rotatable bonds is 6. The number of carbonyl (C=O) groups excluding carboxylic acids is 2. The van der Waals surface area contributed by atoms with Crippen molar-refractivity contribution in [3.05, 3.63) is 72.8 Å². The Kier molecular flexibility index (Phi) is 5.89. The standard InChI is InChI=1S/C16H16N4O4/c17-19(13-7-3-1-4-8-13)23-15(21)11-12-16(22)24-20(18)14-9-5-2-6-10-14/h1-12H,17-18H2/b12-11-. The van der Waals surface area contributed by atoms with Gasteiger partial charge in [0.1, 0.15) is 0 Å². The van der Waals surface area contributed by atoms with Crippen LogP contribution in [0.25, 0.3) is 0 Å². The molecule has 2 aromatic carbocycles. The van der Waals surface area contributed by atoms with Crippen LogP contribution in [0.2, 0.25) is 0 Å². The molecule has 0 fully saturated rings. The normalized spacial score (nSPS) is 10.2. The summed E-state index contributed by atoms with van der Waals surface area (Å²) in [6.45, 7) is 0. The predicted molar refractivity (Wildman–Crippen MR) is 87.5 cm³/mol. The zero-order valence-corrected chi connectivity index (χ0v) is 12.6. The first-order chi connectivity index (χ1) is 11.6. The smallest absolute Gasteiger partial charge is 0.321 e. The van der Waals surface area contributed by atoms with Crippen LogP contribution in [0.5, 0.6) is 0 Å². The van der Waals surface area contributed by atoms with Gasteiger partial charge < -0.3 is 9.68 Å². The summed E-state index contributed by atoms with van der Waals surface area (Å²) in [6.07, 6.45) is 1.76. The van der Waals surface area contributed by atoms with Crippen molar-refractivity contribution in [2.24, 2.45) is 11.7 Å². The Labute approximate surface area is 138 Å². The Hall–Kier alpha value is -3.36. The molecule has 0 aromatic heterocycles. The Morgan fingerprint density at radius 2 is 1.04 bits per heavy atom. The van der Waals surface area contributed by atoms with Crippen molar-refractivity contribution in [1.29, 1.82) is 0 Å². The Bertz CT molecular complexity index is 645. The van der Waals surface area contributed by atoms with Crippen LogP contribution in [0.4, 0.5) is 11.4 Å². The SMILES string of the molecule is NN(OC(=O)/C=C\C(=O)ON(N)c1ccccc1)c1ccccc1. The van der Waals surface area contributed by atoms with E-state index >= 15 is 0 Å². The molecule has 0 heterocycles. The highest BCUT2D eigenvalue weighted by molar-refractivity contribution is 5.92. The minimum atomic E-state index is -0.846.